The van der Waals surface area contributed by atoms with Gasteiger partial charge < -0.3 is 15.5 Å². The molecule has 19 heavy (non-hydrogen) atoms. The van der Waals surface area contributed by atoms with Crippen LogP contribution in [0.3, 0.4) is 0 Å². The highest BCUT2D eigenvalue weighted by Crippen LogP contribution is 2.27. The fourth-order valence-corrected chi connectivity index (χ4v) is 2.57. The van der Waals surface area contributed by atoms with Gasteiger partial charge in [-0.25, -0.2) is 0 Å². The Kier molecular flexibility index (Phi) is 3.89. The molecule has 1 aromatic carbocycles. The third kappa shape index (κ3) is 2.94. The number of aliphatic carboxylic acids is 1. The molecule has 0 saturated carbocycles. The number of hydrogen-bond acceptors (Lipinski definition) is 4. The number of rotatable bonds is 6. The Labute approximate surface area is 112 Å². The third-order valence-electron chi connectivity index (χ3n) is 3.68. The summed E-state index contributed by atoms with van der Waals surface area (Å²) in [4.78, 5) is 11.0. The molecular formula is C14H20N2O3. The molecule has 1 saturated heterocycles. The van der Waals surface area contributed by atoms with Crippen molar-refractivity contribution in [2.24, 2.45) is 0 Å². The van der Waals surface area contributed by atoms with Crippen LogP contribution in [0.15, 0.2) is 30.3 Å². The van der Waals surface area contributed by atoms with Crippen LogP contribution in [-0.2, 0) is 10.3 Å². The van der Waals surface area contributed by atoms with E-state index >= 15 is 0 Å². The molecule has 0 spiro atoms. The average Bonchev–Trinajstić information content (AvgIpc) is 2.36. The van der Waals surface area contributed by atoms with Crippen molar-refractivity contribution in [2.75, 3.05) is 19.7 Å². The lowest BCUT2D eigenvalue weighted by Crippen LogP contribution is -2.72. The molecule has 0 aliphatic carbocycles. The van der Waals surface area contributed by atoms with Gasteiger partial charge >= 0.3 is 5.97 Å². The van der Waals surface area contributed by atoms with Crippen LogP contribution in [0.25, 0.3) is 0 Å². The Balaban J connectivity index is 2.20. The van der Waals surface area contributed by atoms with Crippen molar-refractivity contribution in [1.29, 1.82) is 0 Å². The lowest BCUT2D eigenvalue weighted by atomic mass is 9.82. The van der Waals surface area contributed by atoms with Crippen LogP contribution in [0, 0.1) is 0 Å². The SMILES string of the molecule is CC(CO)(NC1(CC(=O)O)CNC1)c1ccccc1. The summed E-state index contributed by atoms with van der Waals surface area (Å²) < 4.78 is 0. The summed E-state index contributed by atoms with van der Waals surface area (Å²) in [6.07, 6.45) is 0.0441. The number of carbonyl (C=O) groups is 1. The molecule has 1 aliphatic rings. The van der Waals surface area contributed by atoms with Gasteiger partial charge in [0.1, 0.15) is 0 Å². The number of hydrogen-bond donors (Lipinski definition) is 4. The molecule has 1 fully saturated rings. The van der Waals surface area contributed by atoms with Gasteiger partial charge in [0.2, 0.25) is 0 Å². The molecule has 1 aromatic rings. The van der Waals surface area contributed by atoms with E-state index in [1.807, 2.05) is 37.3 Å². The number of carboxylic acids is 1. The lowest BCUT2D eigenvalue weighted by molar-refractivity contribution is -0.139. The number of benzene rings is 1. The molecule has 5 heteroatoms. The molecule has 2 rings (SSSR count). The molecule has 1 atom stereocenters. The van der Waals surface area contributed by atoms with Crippen molar-refractivity contribution in [1.82, 2.24) is 10.6 Å². The Morgan fingerprint density at radius 2 is 2.05 bits per heavy atom. The average molecular weight is 264 g/mol. The zero-order valence-electron chi connectivity index (χ0n) is 11.0. The summed E-state index contributed by atoms with van der Waals surface area (Å²) in [6, 6.07) is 9.61. The van der Waals surface area contributed by atoms with Gasteiger partial charge in [0.25, 0.3) is 0 Å². The van der Waals surface area contributed by atoms with Crippen molar-refractivity contribution in [3.8, 4) is 0 Å². The monoisotopic (exact) mass is 264 g/mol. The van der Waals surface area contributed by atoms with Crippen LogP contribution in [0.4, 0.5) is 0 Å². The summed E-state index contributed by atoms with van der Waals surface area (Å²) in [7, 11) is 0. The minimum atomic E-state index is -0.831. The smallest absolute Gasteiger partial charge is 0.305 e. The topological polar surface area (TPSA) is 81.6 Å². The fourth-order valence-electron chi connectivity index (χ4n) is 2.57. The van der Waals surface area contributed by atoms with E-state index in [-0.39, 0.29) is 13.0 Å². The van der Waals surface area contributed by atoms with E-state index in [0.29, 0.717) is 13.1 Å². The van der Waals surface area contributed by atoms with Crippen LogP contribution in [0.1, 0.15) is 18.9 Å². The van der Waals surface area contributed by atoms with E-state index in [1.54, 1.807) is 0 Å². The summed E-state index contributed by atoms with van der Waals surface area (Å²) in [5, 5.41) is 25.2. The highest BCUT2D eigenvalue weighted by Gasteiger charge is 2.44. The second kappa shape index (κ2) is 5.28. The summed E-state index contributed by atoms with van der Waals surface area (Å²) >= 11 is 0. The predicted octanol–water partition coefficient (Wildman–Crippen LogP) is 0.300. The highest BCUT2D eigenvalue weighted by molar-refractivity contribution is 5.69. The Morgan fingerprint density at radius 3 is 2.47 bits per heavy atom. The summed E-state index contributed by atoms with van der Waals surface area (Å²) in [6.45, 7) is 3.01. The largest absolute Gasteiger partial charge is 0.481 e. The highest BCUT2D eigenvalue weighted by atomic mass is 16.4. The van der Waals surface area contributed by atoms with Crippen LogP contribution < -0.4 is 10.6 Å². The molecule has 0 bridgehead atoms. The van der Waals surface area contributed by atoms with Crippen molar-refractivity contribution >= 4 is 5.97 Å². The Bertz CT molecular complexity index is 445. The maximum Gasteiger partial charge on any atom is 0.305 e. The summed E-state index contributed by atoms with van der Waals surface area (Å²) in [5.41, 5.74) is -0.174. The van der Waals surface area contributed by atoms with Gasteiger partial charge in [0.05, 0.1) is 24.1 Å². The molecule has 0 radical (unpaired) electrons. The summed E-state index contributed by atoms with van der Waals surface area (Å²) in [5.74, 6) is -0.831. The molecule has 1 heterocycles. The van der Waals surface area contributed by atoms with Gasteiger partial charge in [-0.15, -0.1) is 0 Å². The molecule has 0 amide bonds. The van der Waals surface area contributed by atoms with Gasteiger partial charge in [-0.3, -0.25) is 10.1 Å². The van der Waals surface area contributed by atoms with Crippen LogP contribution in [0.2, 0.25) is 0 Å². The van der Waals surface area contributed by atoms with E-state index in [0.717, 1.165) is 5.56 Å². The number of aliphatic hydroxyl groups excluding tert-OH is 1. The molecule has 104 valence electrons. The number of carboxylic acid groups (broad SMARTS) is 1. The fraction of sp³-hybridized carbons (Fsp3) is 0.500. The Hall–Kier alpha value is -1.43. The van der Waals surface area contributed by atoms with E-state index < -0.39 is 17.0 Å². The molecular weight excluding hydrogens is 244 g/mol. The van der Waals surface area contributed by atoms with Crippen molar-refractivity contribution in [3.05, 3.63) is 35.9 Å². The van der Waals surface area contributed by atoms with Crippen molar-refractivity contribution in [2.45, 2.75) is 24.4 Å². The number of nitrogens with one attached hydrogen (secondary N) is 2. The first kappa shape index (κ1) is 14.0. The van der Waals surface area contributed by atoms with Crippen LogP contribution >= 0.6 is 0 Å². The first-order valence-electron chi connectivity index (χ1n) is 6.38. The quantitative estimate of drug-likeness (QED) is 0.594. The normalized spacial score (nSPS) is 20.3. The molecule has 5 nitrogen and oxygen atoms in total. The zero-order valence-corrected chi connectivity index (χ0v) is 11.0. The molecule has 1 unspecified atom stereocenters. The van der Waals surface area contributed by atoms with Crippen LogP contribution in [-0.4, -0.2) is 41.4 Å². The molecule has 4 N–H and O–H groups in total. The number of aliphatic hydroxyl groups is 1. The minimum Gasteiger partial charge on any atom is -0.481 e. The third-order valence-corrected chi connectivity index (χ3v) is 3.68. The first-order valence-corrected chi connectivity index (χ1v) is 6.38. The van der Waals surface area contributed by atoms with Crippen molar-refractivity contribution in [3.63, 3.8) is 0 Å². The second-order valence-corrected chi connectivity index (χ2v) is 5.44. The maximum atomic E-state index is 11.0. The standard InChI is InChI=1S/C14H20N2O3/c1-13(10-17,11-5-3-2-4-6-11)16-14(7-12(18)19)8-15-9-14/h2-6,15-17H,7-10H2,1H3,(H,18,19). The van der Waals surface area contributed by atoms with E-state index in [4.69, 9.17) is 5.11 Å². The maximum absolute atomic E-state index is 11.0. The van der Waals surface area contributed by atoms with E-state index in [1.165, 1.54) is 0 Å². The molecule has 0 aromatic heterocycles. The van der Waals surface area contributed by atoms with Gasteiger partial charge in [0.15, 0.2) is 0 Å². The second-order valence-electron chi connectivity index (χ2n) is 5.44. The predicted molar refractivity (Wildman–Crippen MR) is 71.9 cm³/mol. The van der Waals surface area contributed by atoms with E-state index in [9.17, 15) is 9.90 Å². The van der Waals surface area contributed by atoms with Crippen molar-refractivity contribution < 1.29 is 15.0 Å². The Morgan fingerprint density at radius 1 is 1.42 bits per heavy atom. The van der Waals surface area contributed by atoms with E-state index in [2.05, 4.69) is 10.6 Å². The lowest BCUT2D eigenvalue weighted by Gasteiger charge is -2.48. The van der Waals surface area contributed by atoms with Gasteiger partial charge in [-0.1, -0.05) is 30.3 Å². The molecule has 1 aliphatic heterocycles. The zero-order chi connectivity index (χ0) is 13.9. The first-order chi connectivity index (χ1) is 9.00. The minimum absolute atomic E-state index is 0.0441. The van der Waals surface area contributed by atoms with Crippen LogP contribution in [0.5, 0.6) is 0 Å². The van der Waals surface area contributed by atoms with Gasteiger partial charge in [-0.05, 0) is 12.5 Å². The van der Waals surface area contributed by atoms with Gasteiger partial charge in [-0.2, -0.15) is 0 Å². The van der Waals surface area contributed by atoms with Gasteiger partial charge in [0, 0.05) is 13.1 Å².